The van der Waals surface area contributed by atoms with E-state index in [-0.39, 0.29) is 6.04 Å². The first-order valence-corrected chi connectivity index (χ1v) is 5.42. The van der Waals surface area contributed by atoms with Crippen molar-refractivity contribution in [2.45, 2.75) is 47.1 Å². The predicted octanol–water partition coefficient (Wildman–Crippen LogP) is 2.46. The molecule has 0 saturated carbocycles. The highest BCUT2D eigenvalue weighted by Crippen LogP contribution is 2.05. The van der Waals surface area contributed by atoms with Crippen LogP contribution in [0.5, 0.6) is 0 Å². The van der Waals surface area contributed by atoms with Crippen LogP contribution in [0.15, 0.2) is 0 Å². The summed E-state index contributed by atoms with van der Waals surface area (Å²) in [5.74, 6) is -0.205. The van der Waals surface area contributed by atoms with E-state index in [1.54, 1.807) is 0 Å². The van der Waals surface area contributed by atoms with Gasteiger partial charge in [-0.1, -0.05) is 34.6 Å². The minimum Gasteiger partial charge on any atom is -0.480 e. The summed E-state index contributed by atoms with van der Waals surface area (Å²) in [6.45, 7) is 10.9. The quantitative estimate of drug-likeness (QED) is 0.746. The van der Waals surface area contributed by atoms with E-state index in [0.717, 1.165) is 6.54 Å². The molecule has 0 heterocycles. The summed E-state index contributed by atoms with van der Waals surface area (Å²) in [6, 6.07) is -0.326. The molecule has 0 fully saturated rings. The van der Waals surface area contributed by atoms with E-state index < -0.39 is 5.97 Å². The molecule has 0 aromatic carbocycles. The molecule has 0 aliphatic rings. The Morgan fingerprint density at radius 3 is 2.00 bits per heavy atom. The Morgan fingerprint density at radius 1 is 1.36 bits per heavy atom. The Labute approximate surface area is 88.1 Å². The monoisotopic (exact) mass is 203 g/mol. The van der Waals surface area contributed by atoms with Crippen LogP contribution in [0.2, 0.25) is 0 Å². The van der Waals surface area contributed by atoms with Crippen molar-refractivity contribution >= 4 is 5.97 Å². The van der Waals surface area contributed by atoms with E-state index in [1.165, 1.54) is 0 Å². The summed E-state index contributed by atoms with van der Waals surface area (Å²) in [7, 11) is 1.86. The Morgan fingerprint density at radius 2 is 1.79 bits per heavy atom. The normalized spacial score (nSPS) is 12.3. The van der Waals surface area contributed by atoms with Crippen molar-refractivity contribution in [3.8, 4) is 0 Å². The lowest BCUT2D eigenvalue weighted by Gasteiger charge is -2.24. The fourth-order valence-corrected chi connectivity index (χ4v) is 1.38. The Bertz CT molecular complexity index is 146. The predicted molar refractivity (Wildman–Crippen MR) is 60.5 cm³/mol. The van der Waals surface area contributed by atoms with Crippen molar-refractivity contribution in [3.05, 3.63) is 0 Å². The van der Waals surface area contributed by atoms with E-state index in [0.29, 0.717) is 12.3 Å². The average Bonchev–Trinajstić information content (AvgIpc) is 2.06. The van der Waals surface area contributed by atoms with Gasteiger partial charge in [0.25, 0.3) is 0 Å². The van der Waals surface area contributed by atoms with Crippen LogP contribution in [0.25, 0.3) is 0 Å². The number of carboxylic acids is 1. The van der Waals surface area contributed by atoms with Gasteiger partial charge in [-0.15, -0.1) is 0 Å². The lowest BCUT2D eigenvalue weighted by Crippen LogP contribution is -2.39. The van der Waals surface area contributed by atoms with Gasteiger partial charge in [-0.3, -0.25) is 9.69 Å². The van der Waals surface area contributed by atoms with Gasteiger partial charge in [0.2, 0.25) is 0 Å². The average molecular weight is 203 g/mol. The van der Waals surface area contributed by atoms with Crippen LogP contribution in [0, 0.1) is 5.92 Å². The van der Waals surface area contributed by atoms with Crippen LogP contribution < -0.4 is 0 Å². The number of carbonyl (C=O) groups is 1. The largest absolute Gasteiger partial charge is 0.480 e. The minimum atomic E-state index is -0.722. The molecule has 0 rings (SSSR count). The number of rotatable bonds is 5. The van der Waals surface area contributed by atoms with Gasteiger partial charge in [0.05, 0.1) is 0 Å². The van der Waals surface area contributed by atoms with Gasteiger partial charge in [-0.2, -0.15) is 0 Å². The molecular formula is C11H25NO2. The number of hydrogen-bond acceptors (Lipinski definition) is 2. The number of likely N-dealkylation sites (N-methyl/N-ethyl adjacent to an activating group) is 1. The molecule has 0 saturated heterocycles. The maximum absolute atomic E-state index is 10.7. The smallest absolute Gasteiger partial charge is 0.320 e. The Hall–Kier alpha value is -0.570. The number of carboxylic acid groups (broad SMARTS) is 1. The highest BCUT2D eigenvalue weighted by atomic mass is 16.4. The lowest BCUT2D eigenvalue weighted by molar-refractivity contribution is -0.143. The highest BCUT2D eigenvalue weighted by Gasteiger charge is 2.20. The SMILES string of the molecule is CC.CCC(C(=O)O)N(C)CC(C)C. The summed E-state index contributed by atoms with van der Waals surface area (Å²) in [4.78, 5) is 12.6. The van der Waals surface area contributed by atoms with Crippen molar-refractivity contribution in [2.24, 2.45) is 5.92 Å². The molecule has 1 N–H and O–H groups in total. The molecule has 0 aromatic heterocycles. The van der Waals surface area contributed by atoms with E-state index >= 15 is 0 Å². The third-order valence-corrected chi connectivity index (χ3v) is 1.86. The first-order valence-electron chi connectivity index (χ1n) is 5.42. The zero-order valence-electron chi connectivity index (χ0n) is 10.4. The molecule has 0 bridgehead atoms. The Kier molecular flexibility index (Phi) is 10.2. The standard InChI is InChI=1S/C9H19NO2.C2H6/c1-5-8(9(11)12)10(4)6-7(2)3;1-2/h7-8H,5-6H2,1-4H3,(H,11,12);1-2H3. The van der Waals surface area contributed by atoms with Gasteiger partial charge in [0.1, 0.15) is 6.04 Å². The molecule has 3 nitrogen and oxygen atoms in total. The van der Waals surface area contributed by atoms with E-state index in [1.807, 2.05) is 32.7 Å². The molecule has 86 valence electrons. The molecular weight excluding hydrogens is 178 g/mol. The fourth-order valence-electron chi connectivity index (χ4n) is 1.38. The molecule has 1 atom stereocenters. The van der Waals surface area contributed by atoms with Crippen LogP contribution in [0.4, 0.5) is 0 Å². The Balaban J connectivity index is 0. The van der Waals surface area contributed by atoms with E-state index in [2.05, 4.69) is 13.8 Å². The van der Waals surface area contributed by atoms with Crippen molar-refractivity contribution in [1.82, 2.24) is 4.90 Å². The van der Waals surface area contributed by atoms with Gasteiger partial charge < -0.3 is 5.11 Å². The molecule has 0 spiro atoms. The second-order valence-corrected chi connectivity index (χ2v) is 3.60. The van der Waals surface area contributed by atoms with Crippen molar-refractivity contribution in [3.63, 3.8) is 0 Å². The van der Waals surface area contributed by atoms with Crippen LogP contribution in [0.1, 0.15) is 41.0 Å². The molecule has 0 radical (unpaired) electrons. The lowest BCUT2D eigenvalue weighted by atomic mass is 10.1. The third kappa shape index (κ3) is 6.89. The van der Waals surface area contributed by atoms with Crippen LogP contribution in [0.3, 0.4) is 0 Å². The zero-order chi connectivity index (χ0) is 11.7. The van der Waals surface area contributed by atoms with Crippen molar-refractivity contribution in [1.29, 1.82) is 0 Å². The van der Waals surface area contributed by atoms with Crippen LogP contribution >= 0.6 is 0 Å². The maximum atomic E-state index is 10.7. The maximum Gasteiger partial charge on any atom is 0.320 e. The van der Waals surface area contributed by atoms with Crippen molar-refractivity contribution < 1.29 is 9.90 Å². The highest BCUT2D eigenvalue weighted by molar-refractivity contribution is 5.73. The van der Waals surface area contributed by atoms with E-state index in [9.17, 15) is 4.79 Å². The molecule has 0 aliphatic carbocycles. The molecule has 1 unspecified atom stereocenters. The minimum absolute atomic E-state index is 0.326. The van der Waals surface area contributed by atoms with Gasteiger partial charge in [-0.05, 0) is 19.4 Å². The summed E-state index contributed by atoms with van der Waals surface area (Å²) in [6.07, 6.45) is 0.665. The third-order valence-electron chi connectivity index (χ3n) is 1.86. The van der Waals surface area contributed by atoms with Gasteiger partial charge in [0.15, 0.2) is 0 Å². The number of nitrogens with zero attached hydrogens (tertiary/aromatic N) is 1. The second-order valence-electron chi connectivity index (χ2n) is 3.60. The first kappa shape index (κ1) is 15.9. The molecule has 14 heavy (non-hydrogen) atoms. The first-order chi connectivity index (χ1) is 6.49. The number of aliphatic carboxylic acids is 1. The summed E-state index contributed by atoms with van der Waals surface area (Å²) < 4.78 is 0. The second kappa shape index (κ2) is 9.00. The summed E-state index contributed by atoms with van der Waals surface area (Å²) >= 11 is 0. The summed E-state index contributed by atoms with van der Waals surface area (Å²) in [5, 5.41) is 8.81. The van der Waals surface area contributed by atoms with Crippen LogP contribution in [-0.4, -0.2) is 35.6 Å². The van der Waals surface area contributed by atoms with Gasteiger partial charge in [-0.25, -0.2) is 0 Å². The van der Waals surface area contributed by atoms with Crippen LogP contribution in [-0.2, 0) is 4.79 Å². The van der Waals surface area contributed by atoms with Gasteiger partial charge in [0, 0.05) is 6.54 Å². The molecule has 0 aliphatic heterocycles. The van der Waals surface area contributed by atoms with E-state index in [4.69, 9.17) is 5.11 Å². The summed E-state index contributed by atoms with van der Waals surface area (Å²) in [5.41, 5.74) is 0. The molecule has 0 amide bonds. The van der Waals surface area contributed by atoms with Crippen molar-refractivity contribution in [2.75, 3.05) is 13.6 Å². The molecule has 0 aromatic rings. The topological polar surface area (TPSA) is 40.5 Å². The fraction of sp³-hybridized carbons (Fsp3) is 0.909. The zero-order valence-corrected chi connectivity index (χ0v) is 10.4. The molecule has 3 heteroatoms. The number of hydrogen-bond donors (Lipinski definition) is 1. The van der Waals surface area contributed by atoms with Gasteiger partial charge >= 0.3 is 5.97 Å².